The maximum Gasteiger partial charge on any atom is 0.271 e. The minimum atomic E-state index is -0.467. The Morgan fingerprint density at radius 2 is 1.91 bits per heavy atom. The van der Waals surface area contributed by atoms with Crippen LogP contribution in [0, 0.1) is 10.1 Å². The van der Waals surface area contributed by atoms with E-state index in [2.05, 4.69) is 10.5 Å². The molecule has 114 valence electrons. The van der Waals surface area contributed by atoms with Crippen LogP contribution in [0.25, 0.3) is 10.8 Å². The van der Waals surface area contributed by atoms with Crippen LogP contribution in [-0.2, 0) is 0 Å². The number of hydrogen-bond donors (Lipinski definition) is 2. The highest BCUT2D eigenvalue weighted by Gasteiger charge is 2.06. The third kappa shape index (κ3) is 3.11. The zero-order valence-corrected chi connectivity index (χ0v) is 12.0. The molecule has 2 N–H and O–H groups in total. The van der Waals surface area contributed by atoms with E-state index in [0.717, 1.165) is 10.8 Å². The van der Waals surface area contributed by atoms with Crippen molar-refractivity contribution in [1.29, 1.82) is 0 Å². The fourth-order valence-corrected chi connectivity index (χ4v) is 2.28. The van der Waals surface area contributed by atoms with E-state index in [1.54, 1.807) is 18.2 Å². The van der Waals surface area contributed by atoms with E-state index in [-0.39, 0.29) is 11.4 Å². The van der Waals surface area contributed by atoms with Crippen LogP contribution >= 0.6 is 0 Å². The van der Waals surface area contributed by atoms with Crippen molar-refractivity contribution in [2.45, 2.75) is 0 Å². The number of aromatic hydroxyl groups is 1. The number of benzene rings is 3. The van der Waals surface area contributed by atoms with E-state index in [9.17, 15) is 15.2 Å². The van der Waals surface area contributed by atoms with Crippen molar-refractivity contribution in [3.8, 4) is 5.75 Å². The Balaban J connectivity index is 1.88. The van der Waals surface area contributed by atoms with E-state index in [4.69, 9.17) is 0 Å². The van der Waals surface area contributed by atoms with Gasteiger partial charge in [-0.15, -0.1) is 0 Å². The highest BCUT2D eigenvalue weighted by atomic mass is 16.6. The zero-order chi connectivity index (χ0) is 16.2. The number of nitro groups is 1. The van der Waals surface area contributed by atoms with Gasteiger partial charge in [-0.25, -0.2) is 0 Å². The standard InChI is InChI=1S/C17H13N3O3/c21-17-9-8-12-4-1-2-7-15(12)16(17)11-18-19-13-5-3-6-14(10-13)20(22)23/h1-11,19,21H/b18-11+. The van der Waals surface area contributed by atoms with Crippen LogP contribution in [0.4, 0.5) is 11.4 Å². The average molecular weight is 307 g/mol. The molecule has 0 atom stereocenters. The molecule has 0 aliphatic rings. The van der Waals surface area contributed by atoms with Crippen LogP contribution in [0.5, 0.6) is 5.75 Å². The van der Waals surface area contributed by atoms with Crippen LogP contribution in [0.3, 0.4) is 0 Å². The lowest BCUT2D eigenvalue weighted by Gasteiger charge is -2.05. The molecule has 6 heteroatoms. The molecule has 0 fully saturated rings. The van der Waals surface area contributed by atoms with Crippen molar-refractivity contribution in [1.82, 2.24) is 0 Å². The van der Waals surface area contributed by atoms with Gasteiger partial charge in [0.15, 0.2) is 0 Å². The lowest BCUT2D eigenvalue weighted by atomic mass is 10.0. The molecule has 0 amide bonds. The number of anilines is 1. The summed E-state index contributed by atoms with van der Waals surface area (Å²) in [7, 11) is 0. The highest BCUT2D eigenvalue weighted by Crippen LogP contribution is 2.25. The summed E-state index contributed by atoms with van der Waals surface area (Å²) in [6.45, 7) is 0. The second-order valence-corrected chi connectivity index (χ2v) is 4.90. The van der Waals surface area contributed by atoms with Crippen molar-refractivity contribution in [2.75, 3.05) is 5.43 Å². The third-order valence-electron chi connectivity index (χ3n) is 3.39. The van der Waals surface area contributed by atoms with Crippen LogP contribution in [0.1, 0.15) is 5.56 Å². The maximum absolute atomic E-state index is 10.7. The van der Waals surface area contributed by atoms with Gasteiger partial charge in [-0.05, 0) is 22.9 Å². The van der Waals surface area contributed by atoms with E-state index in [1.807, 2.05) is 30.3 Å². The molecule has 6 nitrogen and oxygen atoms in total. The smallest absolute Gasteiger partial charge is 0.271 e. The number of phenols is 1. The first-order valence-corrected chi connectivity index (χ1v) is 6.89. The summed E-state index contributed by atoms with van der Waals surface area (Å²) in [5.41, 5.74) is 3.80. The van der Waals surface area contributed by atoms with Crippen LogP contribution < -0.4 is 5.43 Å². The van der Waals surface area contributed by atoms with E-state index in [0.29, 0.717) is 11.3 Å². The predicted molar refractivity (Wildman–Crippen MR) is 89.9 cm³/mol. The third-order valence-corrected chi connectivity index (χ3v) is 3.39. The van der Waals surface area contributed by atoms with E-state index < -0.39 is 4.92 Å². The van der Waals surface area contributed by atoms with Gasteiger partial charge < -0.3 is 5.11 Å². The lowest BCUT2D eigenvalue weighted by molar-refractivity contribution is -0.384. The van der Waals surface area contributed by atoms with Crippen molar-refractivity contribution < 1.29 is 10.0 Å². The number of nitrogens with zero attached hydrogens (tertiary/aromatic N) is 2. The molecule has 0 unspecified atom stereocenters. The number of nitro benzene ring substituents is 1. The average Bonchev–Trinajstić information content (AvgIpc) is 2.57. The molecule has 23 heavy (non-hydrogen) atoms. The summed E-state index contributed by atoms with van der Waals surface area (Å²) >= 11 is 0. The molecule has 0 heterocycles. The van der Waals surface area contributed by atoms with Gasteiger partial charge in [0.25, 0.3) is 5.69 Å². The summed E-state index contributed by atoms with van der Waals surface area (Å²) < 4.78 is 0. The Kier molecular flexibility index (Phi) is 3.88. The van der Waals surface area contributed by atoms with Gasteiger partial charge in [-0.2, -0.15) is 5.10 Å². The van der Waals surface area contributed by atoms with Crippen LogP contribution in [0.2, 0.25) is 0 Å². The first-order valence-electron chi connectivity index (χ1n) is 6.89. The summed E-state index contributed by atoms with van der Waals surface area (Å²) in [6, 6.07) is 17.1. The molecule has 0 aliphatic carbocycles. The fourth-order valence-electron chi connectivity index (χ4n) is 2.28. The molecule has 3 aromatic rings. The van der Waals surface area contributed by atoms with Gasteiger partial charge in [0.2, 0.25) is 0 Å². The molecule has 0 spiro atoms. The molecule has 3 rings (SSSR count). The Labute approximate surface area is 131 Å². The molecule has 0 aliphatic heterocycles. The van der Waals surface area contributed by atoms with Gasteiger partial charge in [-0.1, -0.05) is 36.4 Å². The largest absolute Gasteiger partial charge is 0.507 e. The van der Waals surface area contributed by atoms with E-state index >= 15 is 0 Å². The van der Waals surface area contributed by atoms with Gasteiger partial charge in [0.1, 0.15) is 5.75 Å². The minimum absolute atomic E-state index is 0.0155. The van der Waals surface area contributed by atoms with Gasteiger partial charge in [0, 0.05) is 17.7 Å². The minimum Gasteiger partial charge on any atom is -0.507 e. The second-order valence-electron chi connectivity index (χ2n) is 4.90. The first-order chi connectivity index (χ1) is 11.1. The number of non-ortho nitro benzene ring substituents is 1. The lowest BCUT2D eigenvalue weighted by Crippen LogP contribution is -1.94. The number of hydrazone groups is 1. The number of phenolic OH excluding ortho intramolecular Hbond substituents is 1. The Morgan fingerprint density at radius 1 is 1.09 bits per heavy atom. The molecule has 3 aromatic carbocycles. The number of rotatable bonds is 4. The topological polar surface area (TPSA) is 87.8 Å². The molecule has 0 radical (unpaired) electrons. The number of hydrogen-bond acceptors (Lipinski definition) is 5. The van der Waals surface area contributed by atoms with Crippen molar-refractivity contribution in [2.24, 2.45) is 5.10 Å². The first kappa shape index (κ1) is 14.5. The summed E-state index contributed by atoms with van der Waals surface area (Å²) in [5, 5.41) is 26.7. The molecule has 0 aromatic heterocycles. The Hall–Kier alpha value is -3.41. The summed E-state index contributed by atoms with van der Waals surface area (Å²) in [4.78, 5) is 10.3. The van der Waals surface area contributed by atoms with Crippen molar-refractivity contribution >= 4 is 28.4 Å². The van der Waals surface area contributed by atoms with Gasteiger partial charge >= 0.3 is 0 Å². The van der Waals surface area contributed by atoms with Gasteiger partial charge in [-0.3, -0.25) is 15.5 Å². The van der Waals surface area contributed by atoms with Gasteiger partial charge in [0.05, 0.1) is 16.8 Å². The predicted octanol–water partition coefficient (Wildman–Crippen LogP) is 3.90. The molecular formula is C17H13N3O3. The van der Waals surface area contributed by atoms with Crippen LogP contribution in [0.15, 0.2) is 65.8 Å². The molecule has 0 saturated heterocycles. The molecule has 0 saturated carbocycles. The van der Waals surface area contributed by atoms with Crippen LogP contribution in [-0.4, -0.2) is 16.2 Å². The number of fused-ring (bicyclic) bond motifs is 1. The quantitative estimate of drug-likeness (QED) is 0.434. The second kappa shape index (κ2) is 6.15. The Bertz CT molecular complexity index is 906. The monoisotopic (exact) mass is 307 g/mol. The summed E-state index contributed by atoms with van der Waals surface area (Å²) in [5.74, 6) is 0.119. The Morgan fingerprint density at radius 3 is 2.74 bits per heavy atom. The summed E-state index contributed by atoms with van der Waals surface area (Å²) in [6.07, 6.45) is 1.50. The SMILES string of the molecule is O=[N+]([O-])c1cccc(N/N=C/c2c(O)ccc3ccccc23)c1. The normalized spacial score (nSPS) is 11.0. The van der Waals surface area contributed by atoms with Crippen molar-refractivity contribution in [3.05, 3.63) is 76.3 Å². The fraction of sp³-hybridized carbons (Fsp3) is 0. The molecule has 0 bridgehead atoms. The number of nitrogens with one attached hydrogen (secondary N) is 1. The van der Waals surface area contributed by atoms with E-state index in [1.165, 1.54) is 18.3 Å². The molecular weight excluding hydrogens is 294 g/mol. The zero-order valence-electron chi connectivity index (χ0n) is 12.0. The van der Waals surface area contributed by atoms with Crippen molar-refractivity contribution in [3.63, 3.8) is 0 Å². The highest BCUT2D eigenvalue weighted by molar-refractivity contribution is 6.02. The maximum atomic E-state index is 10.7.